The van der Waals surface area contributed by atoms with E-state index in [2.05, 4.69) is 5.32 Å². The van der Waals surface area contributed by atoms with Crippen LogP contribution >= 0.6 is 0 Å². The highest BCUT2D eigenvalue weighted by Crippen LogP contribution is 2.28. The summed E-state index contributed by atoms with van der Waals surface area (Å²) in [6.07, 6.45) is -0.360. The molecule has 148 valence electrons. The average Bonchev–Trinajstić information content (AvgIpc) is 2.67. The van der Waals surface area contributed by atoms with Gasteiger partial charge in [0.15, 0.2) is 6.10 Å². The largest absolute Gasteiger partial charge is 0.449 e. The summed E-state index contributed by atoms with van der Waals surface area (Å²) in [6, 6.07) is 13.7. The Balaban J connectivity index is 1.94. The van der Waals surface area contributed by atoms with Crippen molar-refractivity contribution in [3.63, 3.8) is 0 Å². The van der Waals surface area contributed by atoms with Gasteiger partial charge in [0.1, 0.15) is 5.69 Å². The molecule has 2 aromatic rings. The number of anilines is 1. The number of amides is 1. The molecule has 0 bridgehead atoms. The summed E-state index contributed by atoms with van der Waals surface area (Å²) in [5, 5.41) is 13.9. The lowest BCUT2D eigenvalue weighted by Gasteiger charge is -2.15. The van der Waals surface area contributed by atoms with Gasteiger partial charge in [-0.3, -0.25) is 14.9 Å². The fraction of sp³-hybridized carbons (Fsp3) is 0.300. The number of nitro groups is 1. The summed E-state index contributed by atoms with van der Waals surface area (Å²) in [5.41, 5.74) is 1.26. The molecule has 8 nitrogen and oxygen atoms in total. The molecular weight excluding hydrogens is 362 g/mol. The van der Waals surface area contributed by atoms with Gasteiger partial charge in [-0.15, -0.1) is 0 Å². The van der Waals surface area contributed by atoms with E-state index in [1.807, 2.05) is 30.3 Å². The number of nitrogens with zero attached hydrogens (tertiary/aromatic N) is 2. The van der Waals surface area contributed by atoms with Gasteiger partial charge in [0.2, 0.25) is 0 Å². The quantitative estimate of drug-likeness (QED) is 0.426. The molecule has 1 amide bonds. The van der Waals surface area contributed by atoms with Crippen molar-refractivity contribution in [1.29, 1.82) is 0 Å². The Labute approximate surface area is 163 Å². The number of hydrogen-bond acceptors (Lipinski definition) is 6. The standard InChI is InChI=1S/C20H23N3O5/c1-14(19(24)21-12-11-15-7-5-4-6-8-15)28-20(25)16-9-10-17(22(2)3)18(13-16)23(26)27/h4-10,13-14H,11-12H2,1-3H3,(H,21,24)/t14-/m1/s1. The second-order valence-corrected chi connectivity index (χ2v) is 6.43. The predicted molar refractivity (Wildman–Crippen MR) is 105 cm³/mol. The third-order valence-corrected chi connectivity index (χ3v) is 4.10. The van der Waals surface area contributed by atoms with Crippen molar-refractivity contribution in [3.8, 4) is 0 Å². The Bertz CT molecular complexity index is 852. The maximum Gasteiger partial charge on any atom is 0.339 e. The number of ether oxygens (including phenoxy) is 1. The molecule has 0 radical (unpaired) electrons. The molecule has 2 rings (SSSR count). The summed E-state index contributed by atoms with van der Waals surface area (Å²) in [6.45, 7) is 1.87. The normalized spacial score (nSPS) is 11.4. The van der Waals surface area contributed by atoms with Crippen LogP contribution in [0.5, 0.6) is 0 Å². The van der Waals surface area contributed by atoms with Crippen LogP contribution in [0.1, 0.15) is 22.8 Å². The second-order valence-electron chi connectivity index (χ2n) is 6.43. The zero-order valence-corrected chi connectivity index (χ0v) is 16.0. The molecule has 28 heavy (non-hydrogen) atoms. The Hall–Kier alpha value is -3.42. The molecule has 0 unspecified atom stereocenters. The van der Waals surface area contributed by atoms with Crippen LogP contribution < -0.4 is 10.2 Å². The first-order chi connectivity index (χ1) is 13.3. The van der Waals surface area contributed by atoms with Crippen LogP contribution in [0.2, 0.25) is 0 Å². The number of carbonyl (C=O) groups is 2. The lowest BCUT2D eigenvalue weighted by Crippen LogP contribution is -2.36. The molecule has 1 N–H and O–H groups in total. The molecule has 0 fully saturated rings. The minimum absolute atomic E-state index is 0.0150. The molecule has 0 saturated carbocycles. The summed E-state index contributed by atoms with van der Waals surface area (Å²) in [7, 11) is 3.34. The summed E-state index contributed by atoms with van der Waals surface area (Å²) >= 11 is 0. The van der Waals surface area contributed by atoms with Crippen molar-refractivity contribution in [1.82, 2.24) is 5.32 Å². The molecule has 2 aromatic carbocycles. The van der Waals surface area contributed by atoms with Gasteiger partial charge in [-0.1, -0.05) is 30.3 Å². The van der Waals surface area contributed by atoms with E-state index in [0.717, 1.165) is 11.6 Å². The van der Waals surface area contributed by atoms with E-state index >= 15 is 0 Å². The maximum atomic E-state index is 12.3. The molecular formula is C20H23N3O5. The zero-order chi connectivity index (χ0) is 20.7. The summed E-state index contributed by atoms with van der Waals surface area (Å²) in [4.78, 5) is 36.6. The van der Waals surface area contributed by atoms with Gasteiger partial charge < -0.3 is 15.0 Å². The second kappa shape index (κ2) is 9.50. The van der Waals surface area contributed by atoms with E-state index in [1.54, 1.807) is 19.0 Å². The van der Waals surface area contributed by atoms with E-state index < -0.39 is 22.9 Å². The first-order valence-corrected chi connectivity index (χ1v) is 8.78. The molecule has 8 heteroatoms. The lowest BCUT2D eigenvalue weighted by molar-refractivity contribution is -0.384. The van der Waals surface area contributed by atoms with Gasteiger partial charge >= 0.3 is 5.97 Å². The average molecular weight is 385 g/mol. The van der Waals surface area contributed by atoms with Crippen LogP contribution in [0.3, 0.4) is 0 Å². The minimum Gasteiger partial charge on any atom is -0.449 e. The molecule has 0 heterocycles. The van der Waals surface area contributed by atoms with Gasteiger partial charge in [-0.2, -0.15) is 0 Å². The van der Waals surface area contributed by atoms with Crippen LogP contribution in [0.15, 0.2) is 48.5 Å². The lowest BCUT2D eigenvalue weighted by atomic mass is 10.1. The Kier molecular flexibility index (Phi) is 7.08. The third kappa shape index (κ3) is 5.54. The predicted octanol–water partition coefficient (Wildman–Crippen LogP) is 2.57. The van der Waals surface area contributed by atoms with Crippen molar-refractivity contribution in [2.75, 3.05) is 25.5 Å². The van der Waals surface area contributed by atoms with Gasteiger partial charge in [0, 0.05) is 26.7 Å². The molecule has 0 saturated heterocycles. The van der Waals surface area contributed by atoms with Crippen molar-refractivity contribution >= 4 is 23.3 Å². The van der Waals surface area contributed by atoms with E-state index in [4.69, 9.17) is 4.74 Å². The van der Waals surface area contributed by atoms with Crippen LogP contribution in [-0.2, 0) is 16.0 Å². The van der Waals surface area contributed by atoms with Crippen LogP contribution in [0.4, 0.5) is 11.4 Å². The Morgan fingerprint density at radius 2 is 1.86 bits per heavy atom. The van der Waals surface area contributed by atoms with Crippen molar-refractivity contribution in [3.05, 3.63) is 69.8 Å². The monoisotopic (exact) mass is 385 g/mol. The van der Waals surface area contributed by atoms with Crippen LogP contribution in [0.25, 0.3) is 0 Å². The van der Waals surface area contributed by atoms with Gasteiger partial charge in [0.05, 0.1) is 10.5 Å². The highest BCUT2D eigenvalue weighted by molar-refractivity contribution is 5.93. The van der Waals surface area contributed by atoms with Crippen molar-refractivity contribution in [2.24, 2.45) is 0 Å². The van der Waals surface area contributed by atoms with E-state index in [9.17, 15) is 19.7 Å². The first-order valence-electron chi connectivity index (χ1n) is 8.78. The summed E-state index contributed by atoms with van der Waals surface area (Å²) in [5.74, 6) is -1.22. The fourth-order valence-electron chi connectivity index (χ4n) is 2.58. The zero-order valence-electron chi connectivity index (χ0n) is 16.0. The number of carbonyl (C=O) groups excluding carboxylic acids is 2. The Morgan fingerprint density at radius 1 is 1.18 bits per heavy atom. The fourth-order valence-corrected chi connectivity index (χ4v) is 2.58. The molecule has 0 aliphatic rings. The number of nitro benzene ring substituents is 1. The highest BCUT2D eigenvalue weighted by atomic mass is 16.6. The molecule has 0 spiro atoms. The van der Waals surface area contributed by atoms with Crippen LogP contribution in [0, 0.1) is 10.1 Å². The Morgan fingerprint density at radius 3 is 2.46 bits per heavy atom. The van der Waals surface area contributed by atoms with Crippen molar-refractivity contribution < 1.29 is 19.2 Å². The highest BCUT2D eigenvalue weighted by Gasteiger charge is 2.22. The van der Waals surface area contributed by atoms with Crippen molar-refractivity contribution in [2.45, 2.75) is 19.4 Å². The van der Waals surface area contributed by atoms with Gasteiger partial charge in [-0.25, -0.2) is 4.79 Å². The number of esters is 1. The van der Waals surface area contributed by atoms with Gasteiger partial charge in [0.25, 0.3) is 11.6 Å². The number of hydrogen-bond donors (Lipinski definition) is 1. The number of nitrogens with one attached hydrogen (secondary N) is 1. The van der Waals surface area contributed by atoms with E-state index in [-0.39, 0.29) is 11.3 Å². The first kappa shape index (κ1) is 20.9. The molecule has 0 aliphatic heterocycles. The smallest absolute Gasteiger partial charge is 0.339 e. The van der Waals surface area contributed by atoms with Gasteiger partial charge in [-0.05, 0) is 31.0 Å². The minimum atomic E-state index is -1.02. The topological polar surface area (TPSA) is 102 Å². The maximum absolute atomic E-state index is 12.3. The van der Waals surface area contributed by atoms with E-state index in [1.165, 1.54) is 19.1 Å². The summed E-state index contributed by atoms with van der Waals surface area (Å²) < 4.78 is 5.15. The number of rotatable bonds is 8. The molecule has 0 aromatic heterocycles. The van der Waals surface area contributed by atoms with E-state index in [0.29, 0.717) is 18.7 Å². The third-order valence-electron chi connectivity index (χ3n) is 4.10. The molecule has 0 aliphatic carbocycles. The van der Waals surface area contributed by atoms with Crippen LogP contribution in [-0.4, -0.2) is 43.5 Å². The number of benzene rings is 2. The molecule has 1 atom stereocenters. The SMILES string of the molecule is C[C@@H](OC(=O)c1ccc(N(C)C)c([N+](=O)[O-])c1)C(=O)NCCc1ccccc1.